The van der Waals surface area contributed by atoms with Gasteiger partial charge in [0.15, 0.2) is 0 Å². The maximum atomic E-state index is 14.0. The monoisotopic (exact) mass is 416 g/mol. The molecule has 2 heterocycles. The summed E-state index contributed by atoms with van der Waals surface area (Å²) in [4.78, 5) is 29.0. The van der Waals surface area contributed by atoms with Crippen LogP contribution in [-0.2, 0) is 9.53 Å². The molecule has 31 heavy (non-hydrogen) atoms. The number of aromatic amines is 1. The average Bonchev–Trinajstić information content (AvgIpc) is 3.37. The van der Waals surface area contributed by atoms with E-state index in [2.05, 4.69) is 10.3 Å². The first-order chi connectivity index (χ1) is 15.0. The number of fused-ring (bicyclic) bond motifs is 2. The van der Waals surface area contributed by atoms with Gasteiger partial charge in [0.2, 0.25) is 0 Å². The number of nitrogens with one attached hydrogen (secondary N) is 2. The Morgan fingerprint density at radius 3 is 2.71 bits per heavy atom. The van der Waals surface area contributed by atoms with E-state index in [1.165, 1.54) is 12.1 Å². The Morgan fingerprint density at radius 1 is 1.19 bits per heavy atom. The minimum absolute atomic E-state index is 0.117. The number of hydrogen-bond acceptors (Lipinski definition) is 3. The third-order valence-electron chi connectivity index (χ3n) is 5.99. The van der Waals surface area contributed by atoms with Gasteiger partial charge in [0.1, 0.15) is 5.82 Å². The van der Waals surface area contributed by atoms with Crippen LogP contribution in [-0.4, -0.2) is 23.5 Å². The topological polar surface area (TPSA) is 71.2 Å². The summed E-state index contributed by atoms with van der Waals surface area (Å²) in [5.41, 5.74) is 6.20. The molecule has 1 aliphatic carbocycles. The molecule has 1 atom stereocenters. The molecule has 6 heteroatoms. The van der Waals surface area contributed by atoms with Crippen molar-refractivity contribution in [3.63, 3.8) is 0 Å². The number of hydrogen-bond donors (Lipinski definition) is 2. The molecule has 1 aliphatic heterocycles. The van der Waals surface area contributed by atoms with Crippen molar-refractivity contribution < 1.29 is 18.7 Å². The lowest BCUT2D eigenvalue weighted by Gasteiger charge is -2.14. The Balaban J connectivity index is 1.77. The summed E-state index contributed by atoms with van der Waals surface area (Å²) in [6, 6.07) is 14.2. The molecule has 5 nitrogen and oxygen atoms in total. The van der Waals surface area contributed by atoms with Crippen molar-refractivity contribution >= 4 is 28.7 Å². The van der Waals surface area contributed by atoms with Crippen LogP contribution < -0.4 is 5.32 Å². The first-order valence-corrected chi connectivity index (χ1v) is 10.3. The SMILES string of the molecule is CCOC(=O)c1c(C)[nH]c2c1C(c1ccccc1)C/C2=C1/C(=O)Nc2ccc(F)cc21. The zero-order valence-electron chi connectivity index (χ0n) is 17.2. The number of aryl methyl sites for hydroxylation is 1. The van der Waals surface area contributed by atoms with Gasteiger partial charge in [0.25, 0.3) is 5.91 Å². The molecule has 0 spiro atoms. The second-order valence-corrected chi connectivity index (χ2v) is 7.80. The van der Waals surface area contributed by atoms with Crippen molar-refractivity contribution in [3.05, 3.63) is 88.0 Å². The van der Waals surface area contributed by atoms with E-state index in [1.54, 1.807) is 13.0 Å². The molecule has 3 aromatic rings. The van der Waals surface area contributed by atoms with E-state index < -0.39 is 5.82 Å². The molecule has 0 bridgehead atoms. The number of carbonyl (C=O) groups is 2. The minimum atomic E-state index is -0.402. The van der Waals surface area contributed by atoms with E-state index in [1.807, 2.05) is 37.3 Å². The summed E-state index contributed by atoms with van der Waals surface area (Å²) >= 11 is 0. The van der Waals surface area contributed by atoms with Crippen molar-refractivity contribution in [1.82, 2.24) is 4.98 Å². The van der Waals surface area contributed by atoms with Gasteiger partial charge in [-0.1, -0.05) is 30.3 Å². The Labute approximate surface area is 178 Å². The molecular weight excluding hydrogens is 395 g/mol. The van der Waals surface area contributed by atoms with E-state index in [0.29, 0.717) is 34.5 Å². The number of aromatic nitrogens is 1. The van der Waals surface area contributed by atoms with Crippen LogP contribution in [0.4, 0.5) is 10.1 Å². The van der Waals surface area contributed by atoms with Crippen LogP contribution in [0.2, 0.25) is 0 Å². The number of halogens is 1. The lowest BCUT2D eigenvalue weighted by atomic mass is 9.90. The lowest BCUT2D eigenvalue weighted by molar-refractivity contribution is -0.110. The second-order valence-electron chi connectivity index (χ2n) is 7.80. The Hall–Kier alpha value is -3.67. The van der Waals surface area contributed by atoms with Gasteiger partial charge in [-0.15, -0.1) is 0 Å². The first-order valence-electron chi connectivity index (χ1n) is 10.3. The summed E-state index contributed by atoms with van der Waals surface area (Å²) in [5.74, 6) is -1.17. The number of carbonyl (C=O) groups excluding carboxylic acids is 2. The fourth-order valence-electron chi connectivity index (χ4n) is 4.74. The Bertz CT molecular complexity index is 1260. The zero-order valence-corrected chi connectivity index (χ0v) is 17.2. The van der Waals surface area contributed by atoms with Gasteiger partial charge < -0.3 is 15.0 Å². The van der Waals surface area contributed by atoms with Crippen LogP contribution in [0.15, 0.2) is 48.5 Å². The van der Waals surface area contributed by atoms with Gasteiger partial charge in [0.05, 0.1) is 17.7 Å². The number of anilines is 1. The van der Waals surface area contributed by atoms with Gasteiger partial charge >= 0.3 is 5.97 Å². The number of esters is 1. The van der Waals surface area contributed by atoms with Gasteiger partial charge in [-0.05, 0) is 55.2 Å². The molecule has 1 aromatic heterocycles. The van der Waals surface area contributed by atoms with Crippen LogP contribution in [0.1, 0.15) is 57.7 Å². The van der Waals surface area contributed by atoms with Crippen molar-refractivity contribution in [2.75, 3.05) is 11.9 Å². The van der Waals surface area contributed by atoms with Gasteiger partial charge in [-0.2, -0.15) is 0 Å². The molecule has 1 amide bonds. The third kappa shape index (κ3) is 2.98. The lowest BCUT2D eigenvalue weighted by Crippen LogP contribution is -2.10. The molecule has 156 valence electrons. The average molecular weight is 416 g/mol. The summed E-state index contributed by atoms with van der Waals surface area (Å²) < 4.78 is 19.3. The van der Waals surface area contributed by atoms with Crippen LogP contribution in [0.5, 0.6) is 0 Å². The number of rotatable bonds is 3. The Kier molecular flexibility index (Phi) is 4.50. The summed E-state index contributed by atoms with van der Waals surface area (Å²) in [6.45, 7) is 3.88. The highest BCUT2D eigenvalue weighted by molar-refractivity contribution is 6.37. The zero-order chi connectivity index (χ0) is 21.7. The summed E-state index contributed by atoms with van der Waals surface area (Å²) in [5, 5.41) is 2.83. The predicted molar refractivity (Wildman–Crippen MR) is 116 cm³/mol. The summed E-state index contributed by atoms with van der Waals surface area (Å²) in [6.07, 6.45) is 0.524. The van der Waals surface area contributed by atoms with E-state index >= 15 is 0 Å². The smallest absolute Gasteiger partial charge is 0.340 e. The van der Waals surface area contributed by atoms with E-state index in [9.17, 15) is 14.0 Å². The van der Waals surface area contributed by atoms with Crippen LogP contribution >= 0.6 is 0 Å². The van der Waals surface area contributed by atoms with Crippen LogP contribution in [0.3, 0.4) is 0 Å². The molecule has 0 radical (unpaired) electrons. The highest BCUT2D eigenvalue weighted by atomic mass is 19.1. The second kappa shape index (κ2) is 7.23. The van der Waals surface area contributed by atoms with Crippen LogP contribution in [0, 0.1) is 12.7 Å². The van der Waals surface area contributed by atoms with Crippen molar-refractivity contribution in [2.24, 2.45) is 0 Å². The highest BCUT2D eigenvalue weighted by Crippen LogP contribution is 2.51. The molecule has 0 saturated carbocycles. The fourth-order valence-corrected chi connectivity index (χ4v) is 4.74. The normalized spacial score (nSPS) is 19.2. The van der Waals surface area contributed by atoms with Gasteiger partial charge in [0, 0.05) is 28.6 Å². The van der Waals surface area contributed by atoms with E-state index in [-0.39, 0.29) is 24.4 Å². The van der Waals surface area contributed by atoms with Gasteiger partial charge in [-0.25, -0.2) is 9.18 Å². The molecule has 5 rings (SSSR count). The molecule has 2 aromatic carbocycles. The number of amides is 1. The maximum Gasteiger partial charge on any atom is 0.340 e. The minimum Gasteiger partial charge on any atom is -0.462 e. The molecule has 2 N–H and O–H groups in total. The standard InChI is InChI=1S/C25H21FN2O3/c1-3-31-25(30)20-13(2)27-23-18(12-16(22(20)23)14-7-5-4-6-8-14)21-17-11-15(26)9-10-19(17)28-24(21)29/h4-11,16,27H,3,12H2,1-2H3,(H,28,29)/b21-18-. The number of ether oxygens (including phenoxy) is 1. The molecule has 2 aliphatic rings. The number of benzene rings is 2. The van der Waals surface area contributed by atoms with Crippen molar-refractivity contribution in [1.29, 1.82) is 0 Å². The van der Waals surface area contributed by atoms with E-state index in [0.717, 1.165) is 22.4 Å². The molecule has 0 fully saturated rings. The maximum absolute atomic E-state index is 14.0. The number of H-pyrrole nitrogens is 1. The van der Waals surface area contributed by atoms with Gasteiger partial charge in [-0.3, -0.25) is 4.79 Å². The first kappa shape index (κ1) is 19.3. The molecular formula is C25H21FN2O3. The van der Waals surface area contributed by atoms with Crippen molar-refractivity contribution in [3.8, 4) is 0 Å². The summed E-state index contributed by atoms with van der Waals surface area (Å²) in [7, 11) is 0. The largest absolute Gasteiger partial charge is 0.462 e. The fraction of sp³-hybridized carbons (Fsp3) is 0.200. The molecule has 1 unspecified atom stereocenters. The van der Waals surface area contributed by atoms with Crippen molar-refractivity contribution in [2.45, 2.75) is 26.2 Å². The highest BCUT2D eigenvalue weighted by Gasteiger charge is 2.40. The number of allylic oxidation sites excluding steroid dienone is 1. The van der Waals surface area contributed by atoms with Crippen LogP contribution in [0.25, 0.3) is 11.1 Å². The third-order valence-corrected chi connectivity index (χ3v) is 5.99. The predicted octanol–water partition coefficient (Wildman–Crippen LogP) is 5.04. The van der Waals surface area contributed by atoms with E-state index in [4.69, 9.17) is 4.74 Å². The molecule has 0 saturated heterocycles. The quantitative estimate of drug-likeness (QED) is 0.464. The Morgan fingerprint density at radius 2 is 1.97 bits per heavy atom.